The number of hydrogen-bond acceptors (Lipinski definition) is 6. The van der Waals surface area contributed by atoms with E-state index in [2.05, 4.69) is 11.1 Å². The normalized spacial score (nSPS) is 15.8. The van der Waals surface area contributed by atoms with Gasteiger partial charge in [-0.15, -0.1) is 0 Å². The summed E-state index contributed by atoms with van der Waals surface area (Å²) in [6, 6.07) is 9.57. The highest BCUT2D eigenvalue weighted by molar-refractivity contribution is 7.99. The molecular weight excluding hydrogens is 388 g/mol. The Morgan fingerprint density at radius 3 is 2.76 bits per heavy atom. The minimum Gasteiger partial charge on any atom is -0.383 e. The number of ether oxygens (including phenoxy) is 1. The van der Waals surface area contributed by atoms with Gasteiger partial charge in [0.05, 0.1) is 35.9 Å². The van der Waals surface area contributed by atoms with E-state index >= 15 is 0 Å². The summed E-state index contributed by atoms with van der Waals surface area (Å²) in [5.41, 5.74) is -0.255. The van der Waals surface area contributed by atoms with E-state index in [9.17, 15) is 14.9 Å². The molecule has 1 amide bonds. The molecule has 0 unspecified atom stereocenters. The first-order chi connectivity index (χ1) is 14.0. The summed E-state index contributed by atoms with van der Waals surface area (Å²) in [4.78, 5) is 32.0. The maximum absolute atomic E-state index is 12.9. The van der Waals surface area contributed by atoms with Crippen LogP contribution >= 0.6 is 11.8 Å². The van der Waals surface area contributed by atoms with Gasteiger partial charge < -0.3 is 9.64 Å². The van der Waals surface area contributed by atoms with E-state index in [0.717, 1.165) is 19.3 Å². The molecule has 1 aromatic carbocycles. The fraction of sp³-hybridized carbons (Fsp3) is 0.524. The fourth-order valence-corrected chi connectivity index (χ4v) is 4.70. The molecule has 154 valence electrons. The minimum absolute atomic E-state index is 0.123. The van der Waals surface area contributed by atoms with Gasteiger partial charge in [-0.1, -0.05) is 43.2 Å². The molecule has 7 nitrogen and oxygen atoms in total. The quantitative estimate of drug-likeness (QED) is 0.511. The predicted octanol–water partition coefficient (Wildman–Crippen LogP) is 2.82. The van der Waals surface area contributed by atoms with E-state index < -0.39 is 5.54 Å². The second-order valence-corrected chi connectivity index (χ2v) is 8.25. The van der Waals surface area contributed by atoms with Crippen molar-refractivity contribution in [2.24, 2.45) is 0 Å². The first-order valence-electron chi connectivity index (χ1n) is 9.81. The molecule has 1 heterocycles. The predicted molar refractivity (Wildman–Crippen MR) is 113 cm³/mol. The molecule has 0 atom stereocenters. The second kappa shape index (κ2) is 9.42. The van der Waals surface area contributed by atoms with Crippen LogP contribution in [0.25, 0.3) is 10.9 Å². The molecule has 1 fully saturated rings. The average molecular weight is 415 g/mol. The van der Waals surface area contributed by atoms with Crippen LogP contribution in [0.5, 0.6) is 0 Å². The van der Waals surface area contributed by atoms with Gasteiger partial charge in [0.15, 0.2) is 5.16 Å². The Hall–Kier alpha value is -2.37. The molecule has 0 bridgehead atoms. The molecule has 2 aromatic rings. The maximum atomic E-state index is 12.9. The number of carbonyl (C=O) groups is 1. The van der Waals surface area contributed by atoms with Crippen LogP contribution in [0.2, 0.25) is 0 Å². The zero-order valence-electron chi connectivity index (χ0n) is 16.9. The molecule has 1 aliphatic rings. The van der Waals surface area contributed by atoms with Crippen molar-refractivity contribution in [3.05, 3.63) is 34.6 Å². The largest absolute Gasteiger partial charge is 0.383 e. The number of amides is 1. The lowest BCUT2D eigenvalue weighted by Gasteiger charge is -2.39. The van der Waals surface area contributed by atoms with Crippen LogP contribution < -0.4 is 5.56 Å². The first-order valence-corrected chi connectivity index (χ1v) is 10.8. The number of rotatable bonds is 7. The summed E-state index contributed by atoms with van der Waals surface area (Å²) in [5, 5.41) is 10.8. The summed E-state index contributed by atoms with van der Waals surface area (Å²) in [6.45, 7) is 0.737. The Balaban J connectivity index is 1.83. The standard InChI is InChI=1S/C21H26N4O3S/c1-24(21(15-22)10-6-3-7-11-21)18(26)14-29-20-23-17-9-5-4-8-16(17)19(27)25(20)12-13-28-2/h4-5,8-9H,3,6-7,10-14H2,1-2H3. The smallest absolute Gasteiger partial charge is 0.262 e. The fourth-order valence-electron chi connectivity index (χ4n) is 3.76. The number of aromatic nitrogens is 2. The maximum Gasteiger partial charge on any atom is 0.262 e. The Morgan fingerprint density at radius 1 is 1.34 bits per heavy atom. The summed E-state index contributed by atoms with van der Waals surface area (Å²) >= 11 is 1.23. The Bertz CT molecular complexity index is 976. The summed E-state index contributed by atoms with van der Waals surface area (Å²) in [7, 11) is 3.29. The molecule has 0 aliphatic heterocycles. The van der Waals surface area contributed by atoms with Crippen molar-refractivity contribution in [2.45, 2.75) is 49.3 Å². The minimum atomic E-state index is -0.720. The lowest BCUT2D eigenvalue weighted by atomic mass is 9.81. The zero-order valence-corrected chi connectivity index (χ0v) is 17.7. The van der Waals surface area contributed by atoms with E-state index in [4.69, 9.17) is 4.74 Å². The SMILES string of the molecule is COCCn1c(SCC(=O)N(C)C2(C#N)CCCCC2)nc2ccccc2c1=O. The molecule has 0 spiro atoms. The summed E-state index contributed by atoms with van der Waals surface area (Å²) in [6.07, 6.45) is 4.45. The number of hydrogen-bond donors (Lipinski definition) is 0. The average Bonchev–Trinajstić information content (AvgIpc) is 2.77. The van der Waals surface area contributed by atoms with Crippen LogP contribution in [0, 0.1) is 11.3 Å². The van der Waals surface area contributed by atoms with Crippen molar-refractivity contribution in [1.82, 2.24) is 14.5 Å². The highest BCUT2D eigenvalue weighted by Crippen LogP contribution is 2.33. The van der Waals surface area contributed by atoms with Crippen LogP contribution in [0.4, 0.5) is 0 Å². The molecule has 0 N–H and O–H groups in total. The lowest BCUT2D eigenvalue weighted by Crippen LogP contribution is -2.50. The number of fused-ring (bicyclic) bond motifs is 1. The molecule has 3 rings (SSSR count). The second-order valence-electron chi connectivity index (χ2n) is 7.31. The summed E-state index contributed by atoms with van der Waals surface area (Å²) < 4.78 is 6.69. The van der Waals surface area contributed by atoms with Gasteiger partial charge >= 0.3 is 0 Å². The topological polar surface area (TPSA) is 88.2 Å². The van der Waals surface area contributed by atoms with Crippen LogP contribution in [-0.2, 0) is 16.1 Å². The number of nitriles is 1. The van der Waals surface area contributed by atoms with Crippen LogP contribution in [0.15, 0.2) is 34.2 Å². The van der Waals surface area contributed by atoms with Crippen LogP contribution in [0.3, 0.4) is 0 Å². The van der Waals surface area contributed by atoms with Gasteiger partial charge in [0.1, 0.15) is 5.54 Å². The van der Waals surface area contributed by atoms with Gasteiger partial charge in [0.2, 0.25) is 5.91 Å². The van der Waals surface area contributed by atoms with Gasteiger partial charge in [-0.05, 0) is 25.0 Å². The Kier molecular flexibility index (Phi) is 6.93. The van der Waals surface area contributed by atoms with Crippen molar-refractivity contribution in [3.63, 3.8) is 0 Å². The van der Waals surface area contributed by atoms with Gasteiger partial charge in [0, 0.05) is 14.2 Å². The third-order valence-electron chi connectivity index (χ3n) is 5.58. The Labute approximate surface area is 174 Å². The number of para-hydroxylation sites is 1. The highest BCUT2D eigenvalue weighted by atomic mass is 32.2. The number of methoxy groups -OCH3 is 1. The third-order valence-corrected chi connectivity index (χ3v) is 6.54. The molecule has 29 heavy (non-hydrogen) atoms. The Morgan fingerprint density at radius 2 is 2.07 bits per heavy atom. The van der Waals surface area contributed by atoms with Gasteiger partial charge in [-0.2, -0.15) is 5.26 Å². The first kappa shape index (κ1) is 21.3. The summed E-state index contributed by atoms with van der Waals surface area (Å²) in [5.74, 6) is -0.00308. The van der Waals surface area contributed by atoms with E-state index in [-0.39, 0.29) is 17.2 Å². The highest BCUT2D eigenvalue weighted by Gasteiger charge is 2.38. The number of carbonyl (C=O) groups excluding carboxylic acids is 1. The molecule has 1 aromatic heterocycles. The van der Waals surface area contributed by atoms with Crippen molar-refractivity contribution in [3.8, 4) is 6.07 Å². The van der Waals surface area contributed by atoms with Crippen molar-refractivity contribution >= 4 is 28.6 Å². The monoisotopic (exact) mass is 414 g/mol. The third kappa shape index (κ3) is 4.46. The molecule has 0 saturated heterocycles. The number of nitrogens with zero attached hydrogens (tertiary/aromatic N) is 4. The molecular formula is C21H26N4O3S. The van der Waals surface area contributed by atoms with Gasteiger partial charge in [-0.25, -0.2) is 4.98 Å². The van der Waals surface area contributed by atoms with Gasteiger partial charge in [0.25, 0.3) is 5.56 Å². The zero-order chi connectivity index (χ0) is 20.9. The number of benzene rings is 1. The lowest BCUT2D eigenvalue weighted by molar-refractivity contribution is -0.131. The molecule has 0 radical (unpaired) electrons. The van der Waals surface area contributed by atoms with Crippen LogP contribution in [-0.4, -0.2) is 52.4 Å². The van der Waals surface area contributed by atoms with Crippen molar-refractivity contribution < 1.29 is 9.53 Å². The van der Waals surface area contributed by atoms with E-state index in [1.165, 1.54) is 11.8 Å². The molecule has 1 saturated carbocycles. The van der Waals surface area contributed by atoms with E-state index in [0.29, 0.717) is 42.1 Å². The van der Waals surface area contributed by atoms with Gasteiger partial charge in [-0.3, -0.25) is 14.2 Å². The van der Waals surface area contributed by atoms with Crippen molar-refractivity contribution in [1.29, 1.82) is 5.26 Å². The van der Waals surface area contributed by atoms with Crippen molar-refractivity contribution in [2.75, 3.05) is 26.5 Å². The van der Waals surface area contributed by atoms with E-state index in [1.807, 2.05) is 12.1 Å². The van der Waals surface area contributed by atoms with E-state index in [1.54, 1.807) is 35.8 Å². The molecule has 8 heteroatoms. The van der Waals surface area contributed by atoms with Crippen LogP contribution in [0.1, 0.15) is 32.1 Å². The molecule has 1 aliphatic carbocycles. The number of thioether (sulfide) groups is 1.